The van der Waals surface area contributed by atoms with E-state index in [4.69, 9.17) is 5.73 Å². The fourth-order valence-electron chi connectivity index (χ4n) is 1.55. The number of benzene rings is 1. The van der Waals surface area contributed by atoms with Crippen LogP contribution in [-0.4, -0.2) is 10.9 Å². The normalized spacial score (nSPS) is 10.3. The largest absolute Gasteiger partial charge is 0.507 e. The molecular weight excluding hydrogens is 222 g/mol. The zero-order valence-corrected chi connectivity index (χ0v) is 9.54. The van der Waals surface area contributed by atoms with Crippen molar-refractivity contribution in [2.24, 2.45) is 0 Å². The van der Waals surface area contributed by atoms with Crippen LogP contribution < -0.4 is 5.73 Å². The van der Waals surface area contributed by atoms with E-state index in [1.165, 1.54) is 24.3 Å². The summed E-state index contributed by atoms with van der Waals surface area (Å²) in [6, 6.07) is 4.83. The first kappa shape index (κ1) is 10.7. The molecule has 0 atom stereocenters. The van der Waals surface area contributed by atoms with Crippen molar-refractivity contribution in [1.29, 1.82) is 0 Å². The predicted molar refractivity (Wildman–Crippen MR) is 65.8 cm³/mol. The number of nitrogens with two attached hydrogens (primary N) is 1. The van der Waals surface area contributed by atoms with E-state index in [9.17, 15) is 9.90 Å². The lowest BCUT2D eigenvalue weighted by Gasteiger charge is -2.05. The van der Waals surface area contributed by atoms with Gasteiger partial charge in [0.15, 0.2) is 5.78 Å². The molecule has 0 saturated carbocycles. The van der Waals surface area contributed by atoms with Crippen molar-refractivity contribution < 1.29 is 9.90 Å². The highest BCUT2D eigenvalue weighted by molar-refractivity contribution is 7.08. The molecule has 0 radical (unpaired) electrons. The third kappa shape index (κ3) is 1.79. The first-order chi connectivity index (χ1) is 7.59. The second kappa shape index (κ2) is 3.98. The molecule has 82 valence electrons. The Kier molecular flexibility index (Phi) is 2.66. The van der Waals surface area contributed by atoms with Crippen molar-refractivity contribution in [3.8, 4) is 16.9 Å². The summed E-state index contributed by atoms with van der Waals surface area (Å²) in [4.78, 5) is 11.4. The molecule has 1 aromatic carbocycles. The smallest absolute Gasteiger partial charge is 0.161 e. The molecule has 4 heteroatoms. The number of hydrogen-bond donors (Lipinski definition) is 2. The van der Waals surface area contributed by atoms with Gasteiger partial charge in [-0.3, -0.25) is 4.79 Å². The standard InChI is InChI=1S/C12H11NO2S/c1-7(14)10-5-16-6-11(10)9-4-8(13)2-3-12(9)15/h2-6,15H,13H2,1H3. The monoisotopic (exact) mass is 233 g/mol. The van der Waals surface area contributed by atoms with E-state index >= 15 is 0 Å². The van der Waals surface area contributed by atoms with E-state index < -0.39 is 0 Å². The number of nitrogen functional groups attached to an aromatic ring is 1. The number of carbonyl (C=O) groups is 1. The van der Waals surface area contributed by atoms with Crippen molar-refractivity contribution in [1.82, 2.24) is 0 Å². The quantitative estimate of drug-likeness (QED) is 0.476. The van der Waals surface area contributed by atoms with Crippen molar-refractivity contribution in [3.63, 3.8) is 0 Å². The highest BCUT2D eigenvalue weighted by Gasteiger charge is 2.13. The van der Waals surface area contributed by atoms with Crippen molar-refractivity contribution in [2.75, 3.05) is 5.73 Å². The summed E-state index contributed by atoms with van der Waals surface area (Å²) >= 11 is 1.43. The van der Waals surface area contributed by atoms with Crippen LogP contribution in [0.15, 0.2) is 29.0 Å². The molecular formula is C12H11NO2S. The van der Waals surface area contributed by atoms with Gasteiger partial charge < -0.3 is 10.8 Å². The second-order valence-electron chi connectivity index (χ2n) is 3.53. The lowest BCUT2D eigenvalue weighted by molar-refractivity contribution is 0.101. The van der Waals surface area contributed by atoms with Crippen LogP contribution in [0.4, 0.5) is 5.69 Å². The minimum absolute atomic E-state index is 0.0157. The summed E-state index contributed by atoms with van der Waals surface area (Å²) in [6.45, 7) is 1.51. The fraction of sp³-hybridized carbons (Fsp3) is 0.0833. The van der Waals surface area contributed by atoms with Crippen molar-refractivity contribution in [3.05, 3.63) is 34.5 Å². The van der Waals surface area contributed by atoms with E-state index in [1.807, 2.05) is 5.38 Å². The van der Waals surface area contributed by atoms with Crippen LogP contribution in [0.5, 0.6) is 5.75 Å². The lowest BCUT2D eigenvalue weighted by Crippen LogP contribution is -1.93. The molecule has 0 saturated heterocycles. The fourth-order valence-corrected chi connectivity index (χ4v) is 2.43. The summed E-state index contributed by atoms with van der Waals surface area (Å²) in [5.74, 6) is 0.119. The molecule has 16 heavy (non-hydrogen) atoms. The predicted octanol–water partition coefficient (Wildman–Crippen LogP) is 2.91. The van der Waals surface area contributed by atoms with Gasteiger partial charge in [0.05, 0.1) is 0 Å². The molecule has 0 aliphatic rings. The molecule has 0 bridgehead atoms. The number of phenolic OH excluding ortho intramolecular Hbond substituents is 1. The van der Waals surface area contributed by atoms with Gasteiger partial charge in [0, 0.05) is 27.8 Å². The Labute approximate surface area is 97.2 Å². The summed E-state index contributed by atoms with van der Waals surface area (Å²) in [5, 5.41) is 13.4. The molecule has 3 N–H and O–H groups in total. The summed E-state index contributed by atoms with van der Waals surface area (Å²) in [5.41, 5.74) is 8.19. The number of anilines is 1. The third-order valence-corrected chi connectivity index (χ3v) is 3.10. The van der Waals surface area contributed by atoms with Crippen LogP contribution in [0.3, 0.4) is 0 Å². The molecule has 1 aromatic heterocycles. The number of carbonyl (C=O) groups excluding carboxylic acids is 1. The Bertz CT molecular complexity index is 546. The number of rotatable bonds is 2. The van der Waals surface area contributed by atoms with Gasteiger partial charge in [0.1, 0.15) is 5.75 Å². The SMILES string of the molecule is CC(=O)c1cscc1-c1cc(N)ccc1O. The number of thiophene rings is 1. The van der Waals surface area contributed by atoms with Crippen molar-refractivity contribution in [2.45, 2.75) is 6.92 Å². The molecule has 0 aliphatic heterocycles. The van der Waals surface area contributed by atoms with E-state index in [2.05, 4.69) is 0 Å². The first-order valence-electron chi connectivity index (χ1n) is 4.75. The molecule has 2 aromatic rings. The van der Waals surface area contributed by atoms with Crippen LogP contribution in [-0.2, 0) is 0 Å². The molecule has 0 aliphatic carbocycles. The van der Waals surface area contributed by atoms with Gasteiger partial charge in [-0.2, -0.15) is 11.3 Å². The molecule has 0 spiro atoms. The molecule has 0 amide bonds. The molecule has 3 nitrogen and oxygen atoms in total. The zero-order chi connectivity index (χ0) is 11.7. The topological polar surface area (TPSA) is 63.3 Å². The minimum atomic E-state index is -0.0157. The number of phenols is 1. The zero-order valence-electron chi connectivity index (χ0n) is 8.73. The molecule has 0 fully saturated rings. The maximum atomic E-state index is 11.4. The summed E-state index contributed by atoms with van der Waals surface area (Å²) in [6.07, 6.45) is 0. The van der Waals surface area contributed by atoms with E-state index in [0.717, 1.165) is 5.56 Å². The van der Waals surface area contributed by atoms with Gasteiger partial charge in [-0.1, -0.05) is 0 Å². The summed E-state index contributed by atoms with van der Waals surface area (Å²) < 4.78 is 0. The number of ketones is 1. The van der Waals surface area contributed by atoms with Gasteiger partial charge in [0.2, 0.25) is 0 Å². The number of Topliss-reactive ketones (excluding diaryl/α,β-unsaturated/α-hetero) is 1. The maximum Gasteiger partial charge on any atom is 0.161 e. The average Bonchev–Trinajstić information content (AvgIpc) is 2.70. The van der Waals surface area contributed by atoms with Crippen molar-refractivity contribution >= 4 is 22.8 Å². The Morgan fingerprint density at radius 3 is 2.75 bits per heavy atom. The maximum absolute atomic E-state index is 11.4. The van der Waals surface area contributed by atoms with Gasteiger partial charge in [0.25, 0.3) is 0 Å². The Hall–Kier alpha value is -1.81. The van der Waals surface area contributed by atoms with Crippen LogP contribution in [0.25, 0.3) is 11.1 Å². The Morgan fingerprint density at radius 2 is 2.06 bits per heavy atom. The third-order valence-electron chi connectivity index (χ3n) is 2.35. The number of aromatic hydroxyl groups is 1. The summed E-state index contributed by atoms with van der Waals surface area (Å²) in [7, 11) is 0. The minimum Gasteiger partial charge on any atom is -0.507 e. The Balaban J connectivity index is 2.62. The van der Waals surface area contributed by atoms with E-state index in [1.54, 1.807) is 17.5 Å². The Morgan fingerprint density at radius 1 is 1.31 bits per heavy atom. The molecule has 2 rings (SSSR count). The molecule has 0 unspecified atom stereocenters. The molecule has 1 heterocycles. The second-order valence-corrected chi connectivity index (χ2v) is 4.28. The van der Waals surface area contributed by atoms with Crippen LogP contribution in [0, 0.1) is 0 Å². The van der Waals surface area contributed by atoms with Gasteiger partial charge in [-0.05, 0) is 30.5 Å². The van der Waals surface area contributed by atoms with Crippen LogP contribution in [0.1, 0.15) is 17.3 Å². The average molecular weight is 233 g/mol. The van der Waals surface area contributed by atoms with Crippen LogP contribution in [0.2, 0.25) is 0 Å². The van der Waals surface area contributed by atoms with Gasteiger partial charge >= 0.3 is 0 Å². The lowest BCUT2D eigenvalue weighted by atomic mass is 10.0. The van der Waals surface area contributed by atoms with Gasteiger partial charge in [-0.25, -0.2) is 0 Å². The highest BCUT2D eigenvalue weighted by Crippen LogP contribution is 2.35. The van der Waals surface area contributed by atoms with Gasteiger partial charge in [-0.15, -0.1) is 0 Å². The van der Waals surface area contributed by atoms with Crippen LogP contribution >= 0.6 is 11.3 Å². The number of hydrogen-bond acceptors (Lipinski definition) is 4. The first-order valence-corrected chi connectivity index (χ1v) is 5.70. The van der Waals surface area contributed by atoms with E-state index in [0.29, 0.717) is 16.8 Å². The van der Waals surface area contributed by atoms with E-state index in [-0.39, 0.29) is 11.5 Å². The highest BCUT2D eigenvalue weighted by atomic mass is 32.1.